The number of nitrogens with zero attached hydrogens (tertiary/aromatic N) is 1. The Balaban J connectivity index is 0.000000387. The molecule has 2 rings (SSSR count). The molecule has 0 aliphatic carbocycles. The Labute approximate surface area is 158 Å². The number of carboxylic acids is 2. The fourth-order valence-electron chi connectivity index (χ4n) is 2.94. The molecule has 0 fully saturated rings. The van der Waals surface area contributed by atoms with Gasteiger partial charge in [-0.1, -0.05) is 6.07 Å². The Morgan fingerprint density at radius 2 is 1.63 bits per heavy atom. The van der Waals surface area contributed by atoms with Gasteiger partial charge in [0.1, 0.15) is 5.75 Å². The third-order valence-corrected chi connectivity index (χ3v) is 4.10. The number of aliphatic carboxylic acids is 2. The molecule has 2 aromatic rings. The fraction of sp³-hybridized carbons (Fsp3) is 0.400. The van der Waals surface area contributed by atoms with Gasteiger partial charge in [0, 0.05) is 47.9 Å². The second-order valence-corrected chi connectivity index (χ2v) is 6.70. The van der Waals surface area contributed by atoms with Crippen molar-refractivity contribution in [3.8, 4) is 5.75 Å². The molecule has 27 heavy (non-hydrogen) atoms. The van der Waals surface area contributed by atoms with Crippen LogP contribution in [0.15, 0.2) is 36.5 Å². The van der Waals surface area contributed by atoms with Crippen LogP contribution in [-0.4, -0.2) is 55.8 Å². The van der Waals surface area contributed by atoms with Crippen LogP contribution < -0.4 is 0 Å². The first-order valence-corrected chi connectivity index (χ1v) is 8.81. The van der Waals surface area contributed by atoms with Crippen molar-refractivity contribution in [2.45, 2.75) is 46.2 Å². The van der Waals surface area contributed by atoms with E-state index >= 15 is 0 Å². The quantitative estimate of drug-likeness (QED) is 0.552. The van der Waals surface area contributed by atoms with Gasteiger partial charge in [0.05, 0.1) is 0 Å². The number of fused-ring (bicyclic) bond motifs is 1. The van der Waals surface area contributed by atoms with Crippen molar-refractivity contribution in [3.05, 3.63) is 42.1 Å². The van der Waals surface area contributed by atoms with E-state index in [2.05, 4.69) is 37.6 Å². The number of phenolic OH excluding ortho intramolecular Hbond substituents is 1. The molecule has 0 radical (unpaired) electrons. The van der Waals surface area contributed by atoms with E-state index in [1.165, 1.54) is 5.56 Å². The van der Waals surface area contributed by atoms with E-state index in [4.69, 9.17) is 10.2 Å². The number of carboxylic acid groups (broad SMARTS) is 2. The lowest BCUT2D eigenvalue weighted by Gasteiger charge is -2.30. The first-order chi connectivity index (χ1) is 12.6. The molecule has 0 amide bonds. The lowest BCUT2D eigenvalue weighted by Crippen LogP contribution is -2.38. The summed E-state index contributed by atoms with van der Waals surface area (Å²) in [5, 5.41) is 26.6. The summed E-state index contributed by atoms with van der Waals surface area (Å²) in [5.41, 5.74) is 2.20. The summed E-state index contributed by atoms with van der Waals surface area (Å²) >= 11 is 0. The van der Waals surface area contributed by atoms with Crippen molar-refractivity contribution in [3.63, 3.8) is 0 Å². The molecule has 0 aliphatic rings. The minimum atomic E-state index is -1.26. The Hall–Kier alpha value is -2.80. The number of aromatic hydroxyl groups is 1. The molecule has 7 heteroatoms. The number of aromatic nitrogens is 1. The highest BCUT2D eigenvalue weighted by molar-refractivity contribution is 5.90. The highest BCUT2D eigenvalue weighted by atomic mass is 16.4. The van der Waals surface area contributed by atoms with E-state index in [1.807, 2.05) is 18.3 Å². The zero-order valence-corrected chi connectivity index (χ0v) is 16.1. The maximum Gasteiger partial charge on any atom is 0.328 e. The second kappa shape index (κ2) is 10.4. The van der Waals surface area contributed by atoms with Crippen molar-refractivity contribution in [2.75, 3.05) is 6.54 Å². The summed E-state index contributed by atoms with van der Waals surface area (Å²) in [6.45, 7) is 9.93. The zero-order chi connectivity index (χ0) is 20.6. The van der Waals surface area contributed by atoms with E-state index in [0.717, 1.165) is 23.9 Å². The molecule has 1 heterocycles. The Morgan fingerprint density at radius 3 is 2.11 bits per heavy atom. The van der Waals surface area contributed by atoms with Crippen molar-refractivity contribution >= 4 is 22.8 Å². The topological polar surface area (TPSA) is 114 Å². The lowest BCUT2D eigenvalue weighted by molar-refractivity contribution is -0.134. The fourth-order valence-corrected chi connectivity index (χ4v) is 2.94. The second-order valence-electron chi connectivity index (χ2n) is 6.70. The first-order valence-electron chi connectivity index (χ1n) is 8.81. The smallest absolute Gasteiger partial charge is 0.328 e. The predicted octanol–water partition coefficient (Wildman–Crippen LogP) is 3.25. The molecule has 0 bridgehead atoms. The molecule has 0 saturated carbocycles. The molecule has 1 aromatic carbocycles. The number of phenols is 1. The third-order valence-electron chi connectivity index (χ3n) is 4.10. The molecule has 0 spiro atoms. The molecule has 148 valence electrons. The number of hydrogen-bond donors (Lipinski definition) is 4. The highest BCUT2D eigenvalue weighted by Gasteiger charge is 2.15. The van der Waals surface area contributed by atoms with E-state index in [1.54, 1.807) is 6.07 Å². The van der Waals surface area contributed by atoms with Gasteiger partial charge < -0.3 is 20.3 Å². The van der Waals surface area contributed by atoms with Gasteiger partial charge in [-0.3, -0.25) is 4.90 Å². The van der Waals surface area contributed by atoms with Crippen LogP contribution in [0.5, 0.6) is 5.75 Å². The van der Waals surface area contributed by atoms with Crippen LogP contribution in [0.25, 0.3) is 10.9 Å². The van der Waals surface area contributed by atoms with Crippen LogP contribution in [0, 0.1) is 0 Å². The van der Waals surface area contributed by atoms with E-state index in [-0.39, 0.29) is 0 Å². The molecule has 7 nitrogen and oxygen atoms in total. The summed E-state index contributed by atoms with van der Waals surface area (Å²) in [4.78, 5) is 24.8. The Bertz CT molecular complexity index is 769. The molecule has 1 aromatic heterocycles. The van der Waals surface area contributed by atoms with Crippen molar-refractivity contribution in [2.24, 2.45) is 0 Å². The van der Waals surface area contributed by atoms with Crippen molar-refractivity contribution in [1.29, 1.82) is 0 Å². The minimum absolute atomic E-state index is 0.370. The average molecular weight is 376 g/mol. The SMILES string of the molecule is CC(C)N(CCc1c[nH]c2cccc(O)c12)C(C)C.O=C(O)/C=C/C(=O)O. The molecular weight excluding hydrogens is 348 g/mol. The summed E-state index contributed by atoms with van der Waals surface area (Å²) in [7, 11) is 0. The standard InChI is InChI=1S/C16H24N2O.C4H4O4/c1-11(2)18(12(3)4)9-8-13-10-17-14-6-5-7-15(19)16(13)14;5-3(6)1-2-4(7)8/h5-7,10-12,17,19H,8-9H2,1-4H3;1-2H,(H,5,6)(H,7,8)/b;2-1+. The summed E-state index contributed by atoms with van der Waals surface area (Å²) < 4.78 is 0. The van der Waals surface area contributed by atoms with Crippen molar-refractivity contribution in [1.82, 2.24) is 9.88 Å². The molecule has 0 aliphatic heterocycles. The van der Waals surface area contributed by atoms with Gasteiger partial charge in [0.25, 0.3) is 0 Å². The van der Waals surface area contributed by atoms with Crippen LogP contribution in [0.2, 0.25) is 0 Å². The molecular formula is C20H28N2O5. The Morgan fingerprint density at radius 1 is 1.07 bits per heavy atom. The van der Waals surface area contributed by atoms with E-state index < -0.39 is 11.9 Å². The largest absolute Gasteiger partial charge is 0.507 e. The predicted molar refractivity (Wildman–Crippen MR) is 105 cm³/mol. The number of H-pyrrole nitrogens is 1. The van der Waals surface area contributed by atoms with Crippen LogP contribution in [0.1, 0.15) is 33.3 Å². The third kappa shape index (κ3) is 7.15. The summed E-state index contributed by atoms with van der Waals surface area (Å²) in [6, 6.07) is 6.70. The van der Waals surface area contributed by atoms with E-state index in [9.17, 15) is 14.7 Å². The van der Waals surface area contributed by atoms with Gasteiger partial charge in [-0.15, -0.1) is 0 Å². The van der Waals surface area contributed by atoms with E-state index in [0.29, 0.717) is 30.0 Å². The number of benzene rings is 1. The molecule has 0 saturated heterocycles. The van der Waals surface area contributed by atoms with Gasteiger partial charge >= 0.3 is 11.9 Å². The average Bonchev–Trinajstić information content (AvgIpc) is 2.98. The zero-order valence-electron chi connectivity index (χ0n) is 16.1. The van der Waals surface area contributed by atoms with Gasteiger partial charge in [-0.2, -0.15) is 0 Å². The lowest BCUT2D eigenvalue weighted by atomic mass is 10.1. The number of rotatable bonds is 7. The number of carbonyl (C=O) groups is 2. The molecule has 4 N–H and O–H groups in total. The van der Waals surface area contributed by atoms with Gasteiger partial charge in [-0.05, 0) is 51.8 Å². The monoisotopic (exact) mass is 376 g/mol. The number of hydrogen-bond acceptors (Lipinski definition) is 4. The first kappa shape index (κ1) is 22.2. The maximum atomic E-state index is 9.99. The Kier molecular flexibility index (Phi) is 8.55. The number of nitrogens with one attached hydrogen (secondary N) is 1. The number of aromatic amines is 1. The summed E-state index contributed by atoms with van der Waals surface area (Å²) in [6.07, 6.45) is 4.09. The molecule has 0 unspecified atom stereocenters. The summed E-state index contributed by atoms with van der Waals surface area (Å²) in [5.74, 6) is -2.14. The van der Waals surface area contributed by atoms with Gasteiger partial charge in [0.2, 0.25) is 0 Å². The highest BCUT2D eigenvalue weighted by Crippen LogP contribution is 2.28. The van der Waals surface area contributed by atoms with Crippen molar-refractivity contribution < 1.29 is 24.9 Å². The van der Waals surface area contributed by atoms with Crippen LogP contribution in [-0.2, 0) is 16.0 Å². The van der Waals surface area contributed by atoms with Gasteiger partial charge in [0.15, 0.2) is 0 Å². The maximum absolute atomic E-state index is 9.99. The molecule has 0 atom stereocenters. The van der Waals surface area contributed by atoms with Crippen LogP contribution >= 0.6 is 0 Å². The van der Waals surface area contributed by atoms with Crippen LogP contribution in [0.3, 0.4) is 0 Å². The van der Waals surface area contributed by atoms with Crippen LogP contribution in [0.4, 0.5) is 0 Å². The minimum Gasteiger partial charge on any atom is -0.507 e. The van der Waals surface area contributed by atoms with Gasteiger partial charge in [-0.25, -0.2) is 9.59 Å². The normalized spacial score (nSPS) is 11.4.